The van der Waals surface area contributed by atoms with Crippen LogP contribution in [0.2, 0.25) is 0 Å². The van der Waals surface area contributed by atoms with Gasteiger partial charge in [0.15, 0.2) is 5.13 Å². The number of nitrogens with one attached hydrogen (secondary N) is 1. The van der Waals surface area contributed by atoms with Crippen LogP contribution >= 0.6 is 11.3 Å². The molecule has 2 atom stereocenters. The highest BCUT2D eigenvalue weighted by Crippen LogP contribution is 2.48. The number of nitrogens with zero attached hydrogens (tertiary/aromatic N) is 3. The predicted octanol–water partition coefficient (Wildman–Crippen LogP) is 4.67. The number of piperazine rings is 1. The van der Waals surface area contributed by atoms with Gasteiger partial charge in [-0.15, -0.1) is 0 Å². The highest BCUT2D eigenvalue weighted by Gasteiger charge is 2.47. The van der Waals surface area contributed by atoms with Crippen LogP contribution in [0.15, 0.2) is 18.2 Å². The maximum Gasteiger partial charge on any atom is 0.410 e. The van der Waals surface area contributed by atoms with E-state index in [0.29, 0.717) is 23.7 Å². The third-order valence-electron chi connectivity index (χ3n) is 7.44. The lowest BCUT2D eigenvalue weighted by atomic mass is 9.77. The second-order valence-electron chi connectivity index (χ2n) is 11.5. The van der Waals surface area contributed by atoms with Gasteiger partial charge >= 0.3 is 6.09 Å². The van der Waals surface area contributed by atoms with Crippen LogP contribution in [0, 0.1) is 0 Å². The maximum absolute atomic E-state index is 13.7. The maximum atomic E-state index is 13.7. The van der Waals surface area contributed by atoms with E-state index in [0.717, 1.165) is 45.8 Å². The van der Waals surface area contributed by atoms with E-state index >= 15 is 0 Å². The molecule has 0 saturated carbocycles. The Labute approximate surface area is 208 Å². The number of hydrogen-bond donors (Lipinski definition) is 2. The standard InChI is InChI=1S/C26H31N5O3S/c1-25(2,3)34-24(33)30-11-14-7-8-15(12-30)31(14)23-29-22-20(35-23)19(32)18-16-9-6-13(27)10-17(16)28-21(18)26(22,4)5/h6,9-10,14-15,28H,7-8,11-12,27H2,1-5H3. The van der Waals surface area contributed by atoms with Crippen LogP contribution in [0.25, 0.3) is 10.9 Å². The fourth-order valence-corrected chi connectivity index (χ4v) is 7.15. The average Bonchev–Trinajstić information content (AvgIpc) is 3.43. The van der Waals surface area contributed by atoms with E-state index in [1.807, 2.05) is 43.9 Å². The quantitative estimate of drug-likeness (QED) is 0.478. The number of ketones is 1. The molecule has 2 bridgehead atoms. The fraction of sp³-hybridized carbons (Fsp3) is 0.500. The van der Waals surface area contributed by atoms with E-state index < -0.39 is 11.0 Å². The third kappa shape index (κ3) is 3.35. The second kappa shape index (κ2) is 7.22. The Morgan fingerprint density at radius 3 is 2.57 bits per heavy atom. The number of ether oxygens (including phenoxy) is 1. The third-order valence-corrected chi connectivity index (χ3v) is 8.51. The van der Waals surface area contributed by atoms with Crippen LogP contribution < -0.4 is 10.6 Å². The number of nitrogen functional groups attached to an aromatic ring is 1. The topological polar surface area (TPSA) is 105 Å². The Bertz CT molecular complexity index is 1370. The first kappa shape index (κ1) is 22.4. The smallest absolute Gasteiger partial charge is 0.410 e. The molecule has 2 aromatic heterocycles. The molecule has 1 aromatic carbocycles. The molecule has 8 nitrogen and oxygen atoms in total. The Morgan fingerprint density at radius 1 is 1.23 bits per heavy atom. The molecule has 4 heterocycles. The van der Waals surface area contributed by atoms with Crippen LogP contribution in [0.3, 0.4) is 0 Å². The van der Waals surface area contributed by atoms with Crippen molar-refractivity contribution in [3.05, 3.63) is 40.0 Å². The van der Waals surface area contributed by atoms with E-state index in [2.05, 4.69) is 23.7 Å². The van der Waals surface area contributed by atoms with Crippen LogP contribution in [0.5, 0.6) is 0 Å². The van der Waals surface area contributed by atoms with Crippen LogP contribution in [0.4, 0.5) is 15.6 Å². The van der Waals surface area contributed by atoms with Crippen molar-refractivity contribution in [2.24, 2.45) is 0 Å². The molecule has 35 heavy (non-hydrogen) atoms. The number of aromatic amines is 1. The molecule has 2 saturated heterocycles. The minimum Gasteiger partial charge on any atom is -0.444 e. The zero-order valence-electron chi connectivity index (χ0n) is 20.8. The van der Waals surface area contributed by atoms with Gasteiger partial charge in [0, 0.05) is 52.9 Å². The molecule has 9 heteroatoms. The monoisotopic (exact) mass is 493 g/mol. The molecule has 184 valence electrons. The van der Waals surface area contributed by atoms with Crippen LogP contribution in [-0.2, 0) is 10.2 Å². The first-order valence-corrected chi connectivity index (χ1v) is 13.0. The number of carbonyl (C=O) groups is 2. The number of fused-ring (bicyclic) bond motifs is 6. The van der Waals surface area contributed by atoms with E-state index in [9.17, 15) is 9.59 Å². The van der Waals surface area contributed by atoms with Crippen LogP contribution in [0.1, 0.15) is 74.1 Å². The number of carbonyl (C=O) groups excluding carboxylic acids is 2. The van der Waals surface area contributed by atoms with Crippen molar-refractivity contribution in [1.82, 2.24) is 14.9 Å². The number of likely N-dealkylation sites (tertiary alicyclic amines) is 1. The van der Waals surface area contributed by atoms with Crippen molar-refractivity contribution < 1.29 is 14.3 Å². The van der Waals surface area contributed by atoms with Crippen molar-refractivity contribution in [3.8, 4) is 0 Å². The van der Waals surface area contributed by atoms with Crippen molar-refractivity contribution >= 4 is 44.9 Å². The van der Waals surface area contributed by atoms with Gasteiger partial charge in [0.25, 0.3) is 0 Å². The lowest BCUT2D eigenvalue weighted by Gasteiger charge is -2.41. The average molecular weight is 494 g/mol. The van der Waals surface area contributed by atoms with E-state index in [-0.39, 0.29) is 24.0 Å². The highest BCUT2D eigenvalue weighted by atomic mass is 32.1. The minimum atomic E-state index is -0.515. The van der Waals surface area contributed by atoms with Gasteiger partial charge < -0.3 is 25.3 Å². The molecular weight excluding hydrogens is 462 g/mol. The molecule has 1 amide bonds. The lowest BCUT2D eigenvalue weighted by Crippen LogP contribution is -2.56. The number of rotatable bonds is 1. The fourth-order valence-electron chi connectivity index (χ4n) is 5.84. The minimum absolute atomic E-state index is 0.0221. The summed E-state index contributed by atoms with van der Waals surface area (Å²) in [6.45, 7) is 11.1. The van der Waals surface area contributed by atoms with E-state index in [1.165, 1.54) is 11.3 Å². The number of anilines is 2. The molecule has 3 aliphatic rings. The summed E-state index contributed by atoms with van der Waals surface area (Å²) in [5.74, 6) is 0.0221. The van der Waals surface area contributed by atoms with Crippen molar-refractivity contribution in [2.75, 3.05) is 23.7 Å². The Balaban J connectivity index is 1.34. The number of H-pyrrole nitrogens is 1. The molecule has 0 radical (unpaired) electrons. The summed E-state index contributed by atoms with van der Waals surface area (Å²) in [4.78, 5) is 39.9. The number of aromatic nitrogens is 2. The number of nitrogens with two attached hydrogens (primary N) is 1. The molecule has 2 aliphatic heterocycles. The number of amides is 1. The largest absolute Gasteiger partial charge is 0.444 e. The summed E-state index contributed by atoms with van der Waals surface area (Å²) >= 11 is 1.49. The zero-order valence-corrected chi connectivity index (χ0v) is 21.6. The first-order chi connectivity index (χ1) is 16.4. The van der Waals surface area contributed by atoms with Gasteiger partial charge in [-0.1, -0.05) is 17.4 Å². The van der Waals surface area contributed by atoms with E-state index in [4.69, 9.17) is 15.5 Å². The summed E-state index contributed by atoms with van der Waals surface area (Å²) < 4.78 is 5.62. The molecule has 2 unspecified atom stereocenters. The van der Waals surface area contributed by atoms with Gasteiger partial charge in [-0.2, -0.15) is 0 Å². The Kier molecular flexibility index (Phi) is 4.62. The summed E-state index contributed by atoms with van der Waals surface area (Å²) in [6.07, 6.45) is 1.74. The Morgan fingerprint density at radius 2 is 1.91 bits per heavy atom. The van der Waals surface area contributed by atoms with Crippen molar-refractivity contribution in [1.29, 1.82) is 0 Å². The van der Waals surface area contributed by atoms with Gasteiger partial charge in [0.2, 0.25) is 5.78 Å². The number of hydrogen-bond acceptors (Lipinski definition) is 7. The molecule has 2 fully saturated rings. The summed E-state index contributed by atoms with van der Waals surface area (Å²) in [5, 5.41) is 1.78. The zero-order chi connectivity index (χ0) is 24.9. The van der Waals surface area contributed by atoms with Crippen molar-refractivity contribution in [2.45, 2.75) is 70.6 Å². The predicted molar refractivity (Wildman–Crippen MR) is 137 cm³/mol. The molecule has 6 rings (SSSR count). The van der Waals surface area contributed by atoms with Gasteiger partial charge in [-0.05, 0) is 59.6 Å². The second-order valence-corrected chi connectivity index (χ2v) is 12.5. The number of benzene rings is 1. The normalized spacial score (nSPS) is 22.9. The van der Waals surface area contributed by atoms with Gasteiger partial charge in [0.1, 0.15) is 10.5 Å². The SMILES string of the molecule is CC(C)(C)OC(=O)N1CC2CCC(C1)N2c1nc2c(s1)C(=O)c1c([nH]c3cc(N)ccc13)C2(C)C. The first-order valence-electron chi connectivity index (χ1n) is 12.2. The van der Waals surface area contributed by atoms with E-state index in [1.54, 1.807) is 0 Å². The molecule has 0 spiro atoms. The van der Waals surface area contributed by atoms with Crippen LogP contribution in [-0.4, -0.2) is 57.5 Å². The Hall–Kier alpha value is -3.07. The van der Waals surface area contributed by atoms with Gasteiger partial charge in [0.05, 0.1) is 11.3 Å². The summed E-state index contributed by atoms with van der Waals surface area (Å²) in [6, 6.07) is 6.00. The van der Waals surface area contributed by atoms with Gasteiger partial charge in [-0.3, -0.25) is 4.79 Å². The highest BCUT2D eigenvalue weighted by molar-refractivity contribution is 7.18. The molecular formula is C26H31N5O3S. The van der Waals surface area contributed by atoms with Crippen molar-refractivity contribution in [3.63, 3.8) is 0 Å². The summed E-state index contributed by atoms with van der Waals surface area (Å²) in [7, 11) is 0. The van der Waals surface area contributed by atoms with Gasteiger partial charge in [-0.25, -0.2) is 9.78 Å². The number of thiazole rings is 1. The lowest BCUT2D eigenvalue weighted by molar-refractivity contribution is 0.0209. The summed E-state index contributed by atoms with van der Waals surface area (Å²) in [5.41, 5.74) is 9.01. The molecule has 3 aromatic rings. The molecule has 3 N–H and O–H groups in total. The molecule has 1 aliphatic carbocycles.